The average Bonchev–Trinajstić information content (AvgIpc) is 3.27. The number of fused-ring (bicyclic) bond motifs is 3. The molecule has 25 heavy (non-hydrogen) atoms. The molecule has 0 bridgehead atoms. The number of aryl methyl sites for hydroxylation is 2. The van der Waals surface area contributed by atoms with E-state index in [4.69, 9.17) is 5.10 Å². The first-order chi connectivity index (χ1) is 12.3. The normalized spacial score (nSPS) is 20.3. The average molecular weight is 343 g/mol. The molecule has 1 atom stereocenters. The molecule has 6 nitrogen and oxygen atoms in total. The third-order valence-electron chi connectivity index (χ3n) is 5.62. The summed E-state index contributed by atoms with van der Waals surface area (Å²) in [5, 5.41) is 13.2. The van der Waals surface area contributed by atoms with Gasteiger partial charge in [0.25, 0.3) is 5.56 Å². The lowest BCUT2D eigenvalue weighted by molar-refractivity contribution is 0.539. The van der Waals surface area contributed by atoms with E-state index in [2.05, 4.69) is 22.5 Å². The van der Waals surface area contributed by atoms with Gasteiger partial charge in [0.1, 0.15) is 5.65 Å². The number of pyridine rings is 1. The minimum absolute atomic E-state index is 0.0981. The summed E-state index contributed by atoms with van der Waals surface area (Å²) in [4.78, 5) is 15.8. The molecule has 0 saturated carbocycles. The fraction of sp³-hybridized carbons (Fsp3) is 0.684. The Morgan fingerprint density at radius 2 is 2.08 bits per heavy atom. The van der Waals surface area contributed by atoms with Crippen molar-refractivity contribution in [3.05, 3.63) is 27.2 Å². The number of rotatable bonds is 6. The molecule has 2 aromatic rings. The van der Waals surface area contributed by atoms with Gasteiger partial charge in [-0.2, -0.15) is 5.10 Å². The summed E-state index contributed by atoms with van der Waals surface area (Å²) in [5.74, 6) is 0. The van der Waals surface area contributed by atoms with Gasteiger partial charge in [-0.05, 0) is 70.1 Å². The van der Waals surface area contributed by atoms with E-state index >= 15 is 0 Å². The van der Waals surface area contributed by atoms with Crippen molar-refractivity contribution in [2.24, 2.45) is 0 Å². The second-order valence-corrected chi connectivity index (χ2v) is 7.31. The summed E-state index contributed by atoms with van der Waals surface area (Å²) in [7, 11) is 0. The predicted molar refractivity (Wildman–Crippen MR) is 100 cm³/mol. The van der Waals surface area contributed by atoms with Gasteiger partial charge < -0.3 is 15.6 Å². The fourth-order valence-electron chi connectivity index (χ4n) is 4.37. The summed E-state index contributed by atoms with van der Waals surface area (Å²) >= 11 is 0. The smallest absolute Gasteiger partial charge is 0.253 e. The van der Waals surface area contributed by atoms with Crippen molar-refractivity contribution in [1.29, 1.82) is 0 Å². The molecule has 1 aliphatic heterocycles. The summed E-state index contributed by atoms with van der Waals surface area (Å²) in [6.07, 6.45) is 7.57. The quantitative estimate of drug-likeness (QED) is 0.702. The molecule has 3 N–H and O–H groups in total. The number of nitrogens with zero attached hydrogens (tertiary/aromatic N) is 2. The van der Waals surface area contributed by atoms with Gasteiger partial charge in [-0.25, -0.2) is 4.68 Å². The zero-order valence-electron chi connectivity index (χ0n) is 15.2. The standard InChI is InChI=1S/C19H29N5O/c1-2-20-10-6-12-24-18-16(17(23-24)15-9-5-11-21-15)13-7-3-4-8-14(13)19(25)22-18/h15,20-21H,2-12H2,1H3,(H,22,25). The van der Waals surface area contributed by atoms with Crippen molar-refractivity contribution in [3.63, 3.8) is 0 Å². The molecule has 0 spiro atoms. The zero-order valence-corrected chi connectivity index (χ0v) is 15.2. The van der Waals surface area contributed by atoms with Crippen molar-refractivity contribution in [1.82, 2.24) is 25.4 Å². The van der Waals surface area contributed by atoms with Crippen LogP contribution in [-0.2, 0) is 19.4 Å². The van der Waals surface area contributed by atoms with Gasteiger partial charge in [0.15, 0.2) is 0 Å². The van der Waals surface area contributed by atoms with Crippen molar-refractivity contribution >= 4 is 11.0 Å². The Bertz CT molecular complexity index is 800. The van der Waals surface area contributed by atoms with E-state index in [1.807, 2.05) is 4.68 Å². The second-order valence-electron chi connectivity index (χ2n) is 7.31. The Morgan fingerprint density at radius 3 is 2.84 bits per heavy atom. The Morgan fingerprint density at radius 1 is 1.24 bits per heavy atom. The lowest BCUT2D eigenvalue weighted by atomic mass is 9.89. The van der Waals surface area contributed by atoms with Crippen LogP contribution < -0.4 is 16.2 Å². The summed E-state index contributed by atoms with van der Waals surface area (Å²) < 4.78 is 2.04. The van der Waals surface area contributed by atoms with E-state index in [-0.39, 0.29) is 5.56 Å². The molecule has 1 saturated heterocycles. The van der Waals surface area contributed by atoms with Crippen LogP contribution >= 0.6 is 0 Å². The SMILES string of the molecule is CCNCCCn1nc(C2CCCN2)c2c3c(c(=O)[nH]c21)CCCC3. The summed E-state index contributed by atoms with van der Waals surface area (Å²) in [5.41, 5.74) is 4.47. The van der Waals surface area contributed by atoms with Crippen LogP contribution in [0.2, 0.25) is 0 Å². The summed E-state index contributed by atoms with van der Waals surface area (Å²) in [6.45, 7) is 5.98. The molecular formula is C19H29N5O. The maximum atomic E-state index is 12.6. The van der Waals surface area contributed by atoms with Gasteiger partial charge in [-0.3, -0.25) is 4.79 Å². The third kappa shape index (κ3) is 3.13. The Balaban J connectivity index is 1.80. The molecule has 136 valence electrons. The Kier molecular flexibility index (Phi) is 4.90. The minimum atomic E-state index is 0.0981. The monoisotopic (exact) mass is 343 g/mol. The van der Waals surface area contributed by atoms with Crippen LogP contribution in [0.15, 0.2) is 4.79 Å². The maximum Gasteiger partial charge on any atom is 0.253 e. The first-order valence-corrected chi connectivity index (χ1v) is 9.88. The molecular weight excluding hydrogens is 314 g/mol. The highest BCUT2D eigenvalue weighted by molar-refractivity contribution is 5.84. The molecule has 1 fully saturated rings. The number of hydrogen-bond acceptors (Lipinski definition) is 4. The molecule has 4 rings (SSSR count). The molecule has 1 unspecified atom stereocenters. The molecule has 2 aromatic heterocycles. The molecule has 6 heteroatoms. The number of H-pyrrole nitrogens is 1. The van der Waals surface area contributed by atoms with Gasteiger partial charge in [0, 0.05) is 17.5 Å². The number of hydrogen-bond donors (Lipinski definition) is 3. The lowest BCUT2D eigenvalue weighted by Gasteiger charge is -2.17. The van der Waals surface area contributed by atoms with Crippen molar-refractivity contribution in [2.75, 3.05) is 19.6 Å². The number of aromatic nitrogens is 3. The topological polar surface area (TPSA) is 74.7 Å². The molecule has 0 amide bonds. The molecule has 2 aliphatic rings. The van der Waals surface area contributed by atoms with Crippen LogP contribution in [0.3, 0.4) is 0 Å². The van der Waals surface area contributed by atoms with Crippen LogP contribution in [0.25, 0.3) is 11.0 Å². The fourth-order valence-corrected chi connectivity index (χ4v) is 4.37. The molecule has 0 radical (unpaired) electrons. The van der Waals surface area contributed by atoms with Gasteiger partial charge in [0.2, 0.25) is 0 Å². The van der Waals surface area contributed by atoms with Gasteiger partial charge in [-0.15, -0.1) is 0 Å². The highest BCUT2D eigenvalue weighted by Gasteiger charge is 2.27. The highest BCUT2D eigenvalue weighted by atomic mass is 16.1. The first-order valence-electron chi connectivity index (χ1n) is 9.88. The van der Waals surface area contributed by atoms with E-state index in [0.717, 1.165) is 75.2 Å². The zero-order chi connectivity index (χ0) is 17.2. The van der Waals surface area contributed by atoms with Crippen LogP contribution in [0.4, 0.5) is 0 Å². The van der Waals surface area contributed by atoms with Crippen LogP contribution in [-0.4, -0.2) is 34.4 Å². The number of aromatic amines is 1. The van der Waals surface area contributed by atoms with Gasteiger partial charge in [0.05, 0.1) is 11.7 Å². The van der Waals surface area contributed by atoms with Crippen molar-refractivity contribution in [3.8, 4) is 0 Å². The van der Waals surface area contributed by atoms with Crippen molar-refractivity contribution < 1.29 is 0 Å². The van der Waals surface area contributed by atoms with E-state index in [9.17, 15) is 4.79 Å². The molecule has 3 heterocycles. The Labute approximate surface area is 148 Å². The number of nitrogens with one attached hydrogen (secondary N) is 3. The third-order valence-corrected chi connectivity index (χ3v) is 5.62. The lowest BCUT2D eigenvalue weighted by Crippen LogP contribution is -2.21. The van der Waals surface area contributed by atoms with Gasteiger partial charge >= 0.3 is 0 Å². The highest BCUT2D eigenvalue weighted by Crippen LogP contribution is 2.33. The maximum absolute atomic E-state index is 12.6. The predicted octanol–water partition coefficient (Wildman–Crippen LogP) is 2.03. The summed E-state index contributed by atoms with van der Waals surface area (Å²) in [6, 6.07) is 0.328. The van der Waals surface area contributed by atoms with E-state index in [1.165, 1.54) is 23.8 Å². The largest absolute Gasteiger partial charge is 0.317 e. The van der Waals surface area contributed by atoms with E-state index in [1.54, 1.807) is 0 Å². The Hall–Kier alpha value is -1.66. The second kappa shape index (κ2) is 7.30. The minimum Gasteiger partial charge on any atom is -0.317 e. The molecule has 1 aliphatic carbocycles. The van der Waals surface area contributed by atoms with Gasteiger partial charge in [-0.1, -0.05) is 6.92 Å². The van der Waals surface area contributed by atoms with E-state index in [0.29, 0.717) is 6.04 Å². The molecule has 0 aromatic carbocycles. The first kappa shape index (κ1) is 16.8. The van der Waals surface area contributed by atoms with Crippen LogP contribution in [0.1, 0.15) is 61.9 Å². The van der Waals surface area contributed by atoms with Crippen LogP contribution in [0, 0.1) is 0 Å². The van der Waals surface area contributed by atoms with Crippen LogP contribution in [0.5, 0.6) is 0 Å². The van der Waals surface area contributed by atoms with Crippen molar-refractivity contribution in [2.45, 2.75) is 64.5 Å². The van der Waals surface area contributed by atoms with E-state index < -0.39 is 0 Å².